The van der Waals surface area contributed by atoms with Crippen molar-refractivity contribution >= 4 is 45.9 Å². The summed E-state index contributed by atoms with van der Waals surface area (Å²) in [6.07, 6.45) is 2.04. The van der Waals surface area contributed by atoms with Gasteiger partial charge >= 0.3 is 6.09 Å². The van der Waals surface area contributed by atoms with Crippen LogP contribution in [0.3, 0.4) is 0 Å². The number of piperidine rings is 1. The minimum atomic E-state index is -0.255. The molecule has 0 aliphatic carbocycles. The second-order valence-electron chi connectivity index (χ2n) is 6.48. The van der Waals surface area contributed by atoms with Gasteiger partial charge < -0.3 is 15.0 Å². The van der Waals surface area contributed by atoms with Gasteiger partial charge in [0.1, 0.15) is 0 Å². The van der Waals surface area contributed by atoms with Crippen LogP contribution in [0.4, 0.5) is 4.79 Å². The summed E-state index contributed by atoms with van der Waals surface area (Å²) in [6.45, 7) is 6.34. The first kappa shape index (κ1) is 19.5. The van der Waals surface area contributed by atoms with Crippen molar-refractivity contribution in [3.63, 3.8) is 0 Å². The van der Waals surface area contributed by atoms with Crippen LogP contribution in [0, 0.1) is 14.7 Å². The summed E-state index contributed by atoms with van der Waals surface area (Å²) in [4.78, 5) is 27.2. The van der Waals surface area contributed by atoms with Gasteiger partial charge in [-0.1, -0.05) is 13.8 Å². The van der Waals surface area contributed by atoms with E-state index in [-0.39, 0.29) is 17.9 Å². The van der Waals surface area contributed by atoms with Gasteiger partial charge in [-0.05, 0) is 59.9 Å². The lowest BCUT2D eigenvalue weighted by Crippen LogP contribution is -2.43. The molecule has 0 bridgehead atoms. The maximum atomic E-state index is 12.2. The quantitative estimate of drug-likeness (QED) is 0.656. The fourth-order valence-electron chi connectivity index (χ4n) is 2.59. The van der Waals surface area contributed by atoms with E-state index in [0.717, 1.165) is 6.42 Å². The van der Waals surface area contributed by atoms with E-state index < -0.39 is 0 Å². The topological polar surface area (TPSA) is 58.6 Å². The number of hydrogen-bond donors (Lipinski definition) is 1. The first-order chi connectivity index (χ1) is 11.5. The van der Waals surface area contributed by atoms with E-state index in [1.54, 1.807) is 16.2 Å². The third-order valence-corrected chi connectivity index (χ3v) is 5.92. The Morgan fingerprint density at radius 1 is 1.38 bits per heavy atom. The van der Waals surface area contributed by atoms with Gasteiger partial charge in [0.05, 0.1) is 9.49 Å². The largest absolute Gasteiger partial charge is 0.449 e. The molecule has 0 atom stereocenters. The van der Waals surface area contributed by atoms with Gasteiger partial charge in [0.2, 0.25) is 5.91 Å². The summed E-state index contributed by atoms with van der Waals surface area (Å²) in [5, 5.41) is 3.02. The highest BCUT2D eigenvalue weighted by atomic mass is 127. The van der Waals surface area contributed by atoms with Gasteiger partial charge in [-0.2, -0.15) is 0 Å². The molecule has 0 spiro atoms. The van der Waals surface area contributed by atoms with Gasteiger partial charge in [-0.25, -0.2) is 4.79 Å². The van der Waals surface area contributed by atoms with E-state index in [2.05, 4.69) is 40.0 Å². The number of likely N-dealkylation sites (tertiary alicyclic amines) is 1. The summed E-state index contributed by atoms with van der Waals surface area (Å²) in [5.41, 5.74) is 0. The smallest absolute Gasteiger partial charge is 0.409 e. The molecule has 24 heavy (non-hydrogen) atoms. The fourth-order valence-corrected chi connectivity index (χ4v) is 4.35. The van der Waals surface area contributed by atoms with Crippen LogP contribution < -0.4 is 5.32 Å². The number of nitrogens with one attached hydrogen (secondary N) is 1. The van der Waals surface area contributed by atoms with Crippen LogP contribution in [-0.4, -0.2) is 43.1 Å². The molecule has 1 aromatic rings. The van der Waals surface area contributed by atoms with Gasteiger partial charge in [0.25, 0.3) is 0 Å². The Labute approximate surface area is 161 Å². The molecule has 134 valence electrons. The molecule has 0 radical (unpaired) electrons. The molecule has 1 N–H and O–H groups in total. The molecule has 5 nitrogen and oxygen atoms in total. The Balaban J connectivity index is 1.65. The van der Waals surface area contributed by atoms with Crippen LogP contribution in [0.5, 0.6) is 0 Å². The lowest BCUT2D eigenvalue weighted by Gasteiger charge is -2.30. The normalized spacial score (nSPS) is 15.6. The molecule has 2 heterocycles. The van der Waals surface area contributed by atoms with Gasteiger partial charge in [-0.15, -0.1) is 11.3 Å². The Kier molecular flexibility index (Phi) is 7.80. The van der Waals surface area contributed by atoms with E-state index in [4.69, 9.17) is 4.74 Å². The molecule has 2 amide bonds. The summed E-state index contributed by atoms with van der Waals surface area (Å²) in [6, 6.07) is 4.20. The standard InChI is InChI=1S/C17H25IN2O3S/c1-12(2)11-23-17(22)20-9-6-13(7-10-20)16(21)19-8-5-14-3-4-15(18)24-14/h3-4,12-13H,5-11H2,1-2H3,(H,19,21). The van der Waals surface area contributed by atoms with E-state index in [9.17, 15) is 9.59 Å². The zero-order chi connectivity index (χ0) is 17.5. The van der Waals surface area contributed by atoms with Gasteiger partial charge in [0, 0.05) is 30.4 Å². The molecule has 1 aliphatic heterocycles. The summed E-state index contributed by atoms with van der Waals surface area (Å²) in [5.74, 6) is 0.447. The minimum Gasteiger partial charge on any atom is -0.449 e. The summed E-state index contributed by atoms with van der Waals surface area (Å²) < 4.78 is 6.51. The lowest BCUT2D eigenvalue weighted by atomic mass is 9.96. The van der Waals surface area contributed by atoms with Crippen LogP contribution in [0.15, 0.2) is 12.1 Å². The minimum absolute atomic E-state index is 0.00243. The van der Waals surface area contributed by atoms with Gasteiger partial charge in [-0.3, -0.25) is 4.79 Å². The van der Waals surface area contributed by atoms with Crippen molar-refractivity contribution in [2.75, 3.05) is 26.2 Å². The number of amides is 2. The number of halogens is 1. The second kappa shape index (κ2) is 9.60. The molecule has 7 heteroatoms. The Morgan fingerprint density at radius 2 is 2.08 bits per heavy atom. The number of nitrogens with zero attached hydrogens (tertiary/aromatic N) is 1. The first-order valence-electron chi connectivity index (χ1n) is 8.39. The van der Waals surface area contributed by atoms with Crippen LogP contribution in [0.25, 0.3) is 0 Å². The summed E-state index contributed by atoms with van der Waals surface area (Å²) in [7, 11) is 0. The van der Waals surface area contributed by atoms with Crippen molar-refractivity contribution < 1.29 is 14.3 Å². The zero-order valence-corrected chi connectivity index (χ0v) is 17.2. The first-order valence-corrected chi connectivity index (χ1v) is 10.3. The fraction of sp³-hybridized carbons (Fsp3) is 0.647. The van der Waals surface area contributed by atoms with E-state index in [1.165, 1.54) is 7.76 Å². The third kappa shape index (κ3) is 6.23. The Hall–Kier alpha value is -0.830. The molecular weight excluding hydrogens is 439 g/mol. The van der Waals surface area contributed by atoms with E-state index >= 15 is 0 Å². The highest BCUT2D eigenvalue weighted by molar-refractivity contribution is 14.1. The number of ether oxygens (including phenoxy) is 1. The number of carbonyl (C=O) groups excluding carboxylic acids is 2. The highest BCUT2D eigenvalue weighted by Gasteiger charge is 2.27. The van der Waals surface area contributed by atoms with Crippen LogP contribution in [-0.2, 0) is 16.0 Å². The van der Waals surface area contributed by atoms with Gasteiger partial charge in [0.15, 0.2) is 0 Å². The van der Waals surface area contributed by atoms with Crippen molar-refractivity contribution in [3.05, 3.63) is 19.9 Å². The average molecular weight is 464 g/mol. The van der Waals surface area contributed by atoms with Crippen molar-refractivity contribution in [2.24, 2.45) is 11.8 Å². The molecule has 0 saturated carbocycles. The molecule has 1 aliphatic rings. The highest BCUT2D eigenvalue weighted by Crippen LogP contribution is 2.20. The summed E-state index contributed by atoms with van der Waals surface area (Å²) >= 11 is 4.07. The Morgan fingerprint density at radius 3 is 2.67 bits per heavy atom. The Bertz CT molecular complexity index is 554. The molecule has 0 unspecified atom stereocenters. The lowest BCUT2D eigenvalue weighted by molar-refractivity contribution is -0.126. The maximum Gasteiger partial charge on any atom is 0.409 e. The monoisotopic (exact) mass is 464 g/mol. The molecule has 0 aromatic carbocycles. The molecule has 2 rings (SSSR count). The number of carbonyl (C=O) groups is 2. The van der Waals surface area contributed by atoms with Crippen molar-refractivity contribution in [1.82, 2.24) is 10.2 Å². The van der Waals surface area contributed by atoms with Crippen LogP contribution >= 0.6 is 33.9 Å². The maximum absolute atomic E-state index is 12.2. The number of hydrogen-bond acceptors (Lipinski definition) is 4. The number of rotatable bonds is 6. The van der Waals surface area contributed by atoms with Crippen LogP contribution in [0.2, 0.25) is 0 Å². The van der Waals surface area contributed by atoms with Crippen molar-refractivity contribution in [3.8, 4) is 0 Å². The van der Waals surface area contributed by atoms with Crippen LogP contribution in [0.1, 0.15) is 31.6 Å². The zero-order valence-electron chi connectivity index (χ0n) is 14.2. The van der Waals surface area contributed by atoms with Crippen molar-refractivity contribution in [1.29, 1.82) is 0 Å². The SMILES string of the molecule is CC(C)COC(=O)N1CCC(C(=O)NCCc2ccc(I)s2)CC1. The average Bonchev–Trinajstić information content (AvgIpc) is 2.98. The van der Waals surface area contributed by atoms with Crippen molar-refractivity contribution in [2.45, 2.75) is 33.1 Å². The third-order valence-electron chi connectivity index (χ3n) is 3.96. The predicted octanol–water partition coefficient (Wildman–Crippen LogP) is 3.52. The molecular formula is C17H25IN2O3S. The van der Waals surface area contributed by atoms with E-state index in [1.807, 2.05) is 13.8 Å². The molecule has 1 saturated heterocycles. The second-order valence-corrected chi connectivity index (χ2v) is 9.54. The molecule has 1 fully saturated rings. The van der Waals surface area contributed by atoms with E-state index in [0.29, 0.717) is 45.0 Å². The molecule has 1 aromatic heterocycles. The predicted molar refractivity (Wildman–Crippen MR) is 104 cm³/mol. The number of thiophene rings is 1.